The first-order chi connectivity index (χ1) is 13.2. The molecule has 2 heterocycles. The molecule has 5 nitrogen and oxygen atoms in total. The number of amides is 2. The molecule has 27 heavy (non-hydrogen) atoms. The van der Waals surface area contributed by atoms with Crippen LogP contribution >= 0.6 is 0 Å². The van der Waals surface area contributed by atoms with Crippen LogP contribution in [0, 0.1) is 0 Å². The van der Waals surface area contributed by atoms with Crippen LogP contribution in [0.1, 0.15) is 52.5 Å². The highest BCUT2D eigenvalue weighted by molar-refractivity contribution is 6.04. The molecular weight excluding hydrogens is 338 g/mol. The molecule has 140 valence electrons. The van der Waals surface area contributed by atoms with E-state index in [0.717, 1.165) is 43.6 Å². The molecule has 0 unspecified atom stereocenters. The van der Waals surface area contributed by atoms with E-state index >= 15 is 0 Å². The second-order valence-corrected chi connectivity index (χ2v) is 7.16. The number of nitrogens with one attached hydrogen (secondary N) is 1. The maximum absolute atomic E-state index is 12.9. The fourth-order valence-corrected chi connectivity index (χ4v) is 4.14. The summed E-state index contributed by atoms with van der Waals surface area (Å²) in [6, 6.07) is 15.3. The highest BCUT2D eigenvalue weighted by atomic mass is 16.2. The molecule has 2 aromatic carbocycles. The van der Waals surface area contributed by atoms with Crippen LogP contribution in [0.25, 0.3) is 0 Å². The molecule has 1 saturated heterocycles. The molecule has 0 aliphatic carbocycles. The van der Waals surface area contributed by atoms with Crippen molar-refractivity contribution in [2.45, 2.75) is 38.9 Å². The number of fused-ring (bicyclic) bond motifs is 2. The molecule has 0 radical (unpaired) electrons. The Balaban J connectivity index is 1.58. The molecule has 4 rings (SSSR count). The van der Waals surface area contributed by atoms with Crippen molar-refractivity contribution in [3.63, 3.8) is 0 Å². The normalized spacial score (nSPS) is 18.7. The van der Waals surface area contributed by atoms with Gasteiger partial charge in [0, 0.05) is 25.2 Å². The zero-order chi connectivity index (χ0) is 18.8. The van der Waals surface area contributed by atoms with E-state index in [1.54, 1.807) is 6.07 Å². The zero-order valence-corrected chi connectivity index (χ0v) is 15.6. The topological polar surface area (TPSA) is 52.7 Å². The minimum Gasteiger partial charge on any atom is -0.351 e. The lowest BCUT2D eigenvalue weighted by molar-refractivity contribution is 0.0582. The third-order valence-corrected chi connectivity index (χ3v) is 5.53. The number of nitrogens with zero attached hydrogens (tertiary/aromatic N) is 2. The first kappa shape index (κ1) is 17.6. The van der Waals surface area contributed by atoms with E-state index in [4.69, 9.17) is 0 Å². The molecule has 1 N–H and O–H groups in total. The number of hydrogen-bond donors (Lipinski definition) is 1. The summed E-state index contributed by atoms with van der Waals surface area (Å²) in [5.74, 6) is -0.0214. The highest BCUT2D eigenvalue weighted by Gasteiger charge is 2.38. The number of hydrogen-bond acceptors (Lipinski definition) is 3. The summed E-state index contributed by atoms with van der Waals surface area (Å²) in [6.45, 7) is 4.23. The van der Waals surface area contributed by atoms with Gasteiger partial charge in [-0.05, 0) is 49.9 Å². The van der Waals surface area contributed by atoms with Crippen LogP contribution in [0.4, 0.5) is 5.69 Å². The number of anilines is 1. The van der Waals surface area contributed by atoms with E-state index in [1.165, 1.54) is 0 Å². The molecule has 2 aliphatic heterocycles. The third kappa shape index (κ3) is 3.29. The van der Waals surface area contributed by atoms with Gasteiger partial charge in [0.1, 0.15) is 6.17 Å². The second-order valence-electron chi connectivity index (χ2n) is 7.16. The predicted molar refractivity (Wildman–Crippen MR) is 106 cm³/mol. The summed E-state index contributed by atoms with van der Waals surface area (Å²) in [7, 11) is 0. The quantitative estimate of drug-likeness (QED) is 0.906. The van der Waals surface area contributed by atoms with Gasteiger partial charge in [0.15, 0.2) is 0 Å². The first-order valence-corrected chi connectivity index (χ1v) is 9.73. The van der Waals surface area contributed by atoms with Gasteiger partial charge >= 0.3 is 0 Å². The Morgan fingerprint density at radius 2 is 1.96 bits per heavy atom. The third-order valence-electron chi connectivity index (χ3n) is 5.53. The molecular formula is C22H25N3O2. The average Bonchev–Trinajstić information content (AvgIpc) is 2.73. The van der Waals surface area contributed by atoms with Crippen LogP contribution in [-0.2, 0) is 6.54 Å². The minimum atomic E-state index is -0.115. The van der Waals surface area contributed by atoms with Crippen LogP contribution in [0.15, 0.2) is 48.5 Å². The van der Waals surface area contributed by atoms with Gasteiger partial charge in [-0.3, -0.25) is 9.59 Å². The van der Waals surface area contributed by atoms with Crippen LogP contribution in [0.3, 0.4) is 0 Å². The van der Waals surface area contributed by atoms with Crippen molar-refractivity contribution < 1.29 is 9.59 Å². The first-order valence-electron chi connectivity index (χ1n) is 9.73. The Hall–Kier alpha value is -2.82. The predicted octanol–water partition coefficient (Wildman–Crippen LogP) is 3.41. The lowest BCUT2D eigenvalue weighted by Crippen LogP contribution is -2.57. The summed E-state index contributed by atoms with van der Waals surface area (Å²) in [5, 5.41) is 2.97. The van der Waals surface area contributed by atoms with Crippen LogP contribution in [0.2, 0.25) is 0 Å². The van der Waals surface area contributed by atoms with Crippen molar-refractivity contribution in [1.82, 2.24) is 10.2 Å². The Morgan fingerprint density at radius 3 is 2.74 bits per heavy atom. The van der Waals surface area contributed by atoms with Crippen molar-refractivity contribution in [3.8, 4) is 0 Å². The molecule has 0 spiro atoms. The van der Waals surface area contributed by atoms with E-state index < -0.39 is 0 Å². The molecule has 0 saturated carbocycles. The number of carbonyl (C=O) groups excluding carboxylic acids is 2. The van der Waals surface area contributed by atoms with Gasteiger partial charge in [-0.1, -0.05) is 30.3 Å². The molecule has 0 bridgehead atoms. The van der Waals surface area contributed by atoms with Crippen LogP contribution in [-0.4, -0.2) is 36.0 Å². The van der Waals surface area contributed by atoms with Crippen molar-refractivity contribution in [3.05, 3.63) is 65.2 Å². The molecule has 0 aromatic heterocycles. The Kier molecular flexibility index (Phi) is 4.84. The van der Waals surface area contributed by atoms with Gasteiger partial charge in [0.25, 0.3) is 11.8 Å². The molecule has 1 fully saturated rings. The smallest absolute Gasteiger partial charge is 0.257 e. The minimum absolute atomic E-state index is 0.0932. The standard InChI is InChI=1S/C22H25N3O2/c1-2-24-19-14-17(21(26)23-15-16-8-4-3-5-9-16)11-12-18(19)22(27)25-13-7-6-10-20(24)25/h3-5,8-9,11-12,14,20H,2,6-7,10,13,15H2,1H3,(H,23,26)/t20-/m1/s1. The number of piperidine rings is 1. The van der Waals surface area contributed by atoms with E-state index in [2.05, 4.69) is 17.1 Å². The number of rotatable bonds is 4. The van der Waals surface area contributed by atoms with E-state index in [1.807, 2.05) is 47.4 Å². The number of benzene rings is 2. The molecule has 5 heteroatoms. The Bertz CT molecular complexity index is 850. The van der Waals surface area contributed by atoms with Crippen molar-refractivity contribution >= 4 is 17.5 Å². The van der Waals surface area contributed by atoms with Crippen LogP contribution < -0.4 is 10.2 Å². The molecule has 2 aliphatic rings. The molecule has 2 aromatic rings. The van der Waals surface area contributed by atoms with E-state index in [9.17, 15) is 9.59 Å². The van der Waals surface area contributed by atoms with Crippen molar-refractivity contribution in [1.29, 1.82) is 0 Å². The van der Waals surface area contributed by atoms with Crippen molar-refractivity contribution in [2.75, 3.05) is 18.0 Å². The summed E-state index contributed by atoms with van der Waals surface area (Å²) in [4.78, 5) is 29.8. The second kappa shape index (κ2) is 7.43. The maximum atomic E-state index is 12.9. The largest absolute Gasteiger partial charge is 0.351 e. The van der Waals surface area contributed by atoms with E-state index in [-0.39, 0.29) is 18.0 Å². The summed E-state index contributed by atoms with van der Waals surface area (Å²) in [6.07, 6.45) is 3.31. The van der Waals surface area contributed by atoms with Crippen LogP contribution in [0.5, 0.6) is 0 Å². The molecule has 1 atom stereocenters. The SMILES string of the molecule is CCN1c2cc(C(=O)NCc3ccccc3)ccc2C(=O)N2CCCC[C@@H]21. The Labute approximate surface area is 160 Å². The van der Waals surface area contributed by atoms with Gasteiger partial charge in [-0.2, -0.15) is 0 Å². The lowest BCUT2D eigenvalue weighted by Gasteiger charge is -2.47. The maximum Gasteiger partial charge on any atom is 0.257 e. The lowest BCUT2D eigenvalue weighted by atomic mass is 9.97. The highest BCUT2D eigenvalue weighted by Crippen LogP contribution is 2.35. The summed E-state index contributed by atoms with van der Waals surface area (Å²) < 4.78 is 0. The number of carbonyl (C=O) groups is 2. The Morgan fingerprint density at radius 1 is 1.15 bits per heavy atom. The van der Waals surface area contributed by atoms with Gasteiger partial charge in [-0.15, -0.1) is 0 Å². The van der Waals surface area contributed by atoms with Gasteiger partial charge in [-0.25, -0.2) is 0 Å². The summed E-state index contributed by atoms with van der Waals surface area (Å²) >= 11 is 0. The van der Waals surface area contributed by atoms with Gasteiger partial charge in [0.05, 0.1) is 11.3 Å². The zero-order valence-electron chi connectivity index (χ0n) is 15.6. The fourth-order valence-electron chi connectivity index (χ4n) is 4.14. The van der Waals surface area contributed by atoms with Gasteiger partial charge in [0.2, 0.25) is 0 Å². The fraction of sp³-hybridized carbons (Fsp3) is 0.364. The monoisotopic (exact) mass is 363 g/mol. The average molecular weight is 363 g/mol. The molecule has 2 amide bonds. The summed E-state index contributed by atoms with van der Waals surface area (Å²) in [5.41, 5.74) is 3.25. The van der Waals surface area contributed by atoms with E-state index in [0.29, 0.717) is 17.7 Å². The van der Waals surface area contributed by atoms with Crippen molar-refractivity contribution in [2.24, 2.45) is 0 Å². The van der Waals surface area contributed by atoms with Gasteiger partial charge < -0.3 is 15.1 Å².